The fraction of sp³-hybridized carbons (Fsp3) is 0.381. The van der Waals surface area contributed by atoms with Gasteiger partial charge in [-0.15, -0.1) is 0 Å². The Morgan fingerprint density at radius 1 is 1.21 bits per heavy atom. The van der Waals surface area contributed by atoms with Crippen LogP contribution in [0.25, 0.3) is 16.6 Å². The third kappa shape index (κ3) is 3.84. The quantitative estimate of drug-likeness (QED) is 0.442. The number of para-hydroxylation sites is 1. The summed E-state index contributed by atoms with van der Waals surface area (Å²) in [6, 6.07) is 4.01. The number of hydrogen-bond donors (Lipinski definition) is 2. The van der Waals surface area contributed by atoms with Gasteiger partial charge < -0.3 is 10.6 Å². The molecule has 0 amide bonds. The van der Waals surface area contributed by atoms with E-state index in [1.807, 2.05) is 13.8 Å². The summed E-state index contributed by atoms with van der Waals surface area (Å²) in [6.07, 6.45) is -5.07. The first kappa shape index (κ1) is 22.8. The van der Waals surface area contributed by atoms with Gasteiger partial charge in [0, 0.05) is 19.1 Å². The van der Waals surface area contributed by atoms with Crippen molar-refractivity contribution in [3.63, 3.8) is 0 Å². The van der Waals surface area contributed by atoms with Crippen LogP contribution in [0.4, 0.5) is 29.2 Å². The molecule has 0 aliphatic carbocycles. The van der Waals surface area contributed by atoms with Crippen molar-refractivity contribution >= 4 is 22.5 Å². The Labute approximate surface area is 185 Å². The van der Waals surface area contributed by atoms with Crippen LogP contribution in [-0.4, -0.2) is 51.7 Å². The summed E-state index contributed by atoms with van der Waals surface area (Å²) in [5, 5.41) is -0.539. The Bertz CT molecular complexity index is 1300. The molecule has 33 heavy (non-hydrogen) atoms. The molecule has 176 valence electrons. The number of rotatable bonds is 5. The molecule has 0 unspecified atom stereocenters. The molecule has 2 aromatic heterocycles. The van der Waals surface area contributed by atoms with Crippen LogP contribution < -0.4 is 21.8 Å². The average Bonchev–Trinajstić information content (AvgIpc) is 2.71. The Kier molecular flexibility index (Phi) is 5.64. The highest BCUT2D eigenvalue weighted by molar-refractivity contribution is 5.79. The lowest BCUT2D eigenvalue weighted by Crippen LogP contribution is -2.60. The molecule has 3 N–H and O–H groups in total. The smallest absolute Gasteiger partial charge is 0.397 e. The van der Waals surface area contributed by atoms with Gasteiger partial charge in [-0.2, -0.15) is 13.2 Å². The number of nitrogens with zero attached hydrogens (tertiary/aromatic N) is 4. The van der Waals surface area contributed by atoms with Crippen molar-refractivity contribution in [3.8, 4) is 5.69 Å². The molecule has 4 rings (SSSR count). The lowest BCUT2D eigenvalue weighted by atomic mass is 10.1. The van der Waals surface area contributed by atoms with Gasteiger partial charge in [0.25, 0.3) is 11.1 Å². The zero-order chi connectivity index (χ0) is 24.1. The van der Waals surface area contributed by atoms with Gasteiger partial charge in [0.05, 0.1) is 11.1 Å². The van der Waals surface area contributed by atoms with Crippen LogP contribution in [0.5, 0.6) is 0 Å². The van der Waals surface area contributed by atoms with Crippen LogP contribution in [0.2, 0.25) is 0 Å². The molecule has 0 saturated carbocycles. The minimum atomic E-state index is -5.07. The molecule has 0 radical (unpaired) electrons. The summed E-state index contributed by atoms with van der Waals surface area (Å²) in [7, 11) is 0. The zero-order valence-electron chi connectivity index (χ0n) is 17.9. The van der Waals surface area contributed by atoms with Gasteiger partial charge in [0.15, 0.2) is 0 Å². The third-order valence-electron chi connectivity index (χ3n) is 5.89. The van der Waals surface area contributed by atoms with Gasteiger partial charge in [-0.1, -0.05) is 19.9 Å². The van der Waals surface area contributed by atoms with E-state index in [0.29, 0.717) is 19.2 Å². The maximum Gasteiger partial charge on any atom is 0.431 e. The largest absolute Gasteiger partial charge is 0.431 e. The molecule has 1 aliphatic rings. The van der Waals surface area contributed by atoms with Crippen molar-refractivity contribution in [1.82, 2.24) is 19.4 Å². The number of H-pyrrole nitrogens is 1. The Balaban J connectivity index is 1.91. The summed E-state index contributed by atoms with van der Waals surface area (Å²) in [5.74, 6) is -1.04. The summed E-state index contributed by atoms with van der Waals surface area (Å²) >= 11 is 0. The van der Waals surface area contributed by atoms with Gasteiger partial charge in [-0.05, 0) is 31.3 Å². The molecule has 3 aromatic rings. The number of nitrogens with one attached hydrogen (secondary N) is 1. The highest BCUT2D eigenvalue weighted by Crippen LogP contribution is 2.33. The number of benzene rings is 1. The second kappa shape index (κ2) is 8.18. The van der Waals surface area contributed by atoms with Crippen molar-refractivity contribution < 1.29 is 17.6 Å². The molecule has 12 heteroatoms. The molecular weight excluding hydrogens is 444 g/mol. The lowest BCUT2D eigenvalue weighted by Gasteiger charge is -2.45. The van der Waals surface area contributed by atoms with Crippen molar-refractivity contribution in [3.05, 3.63) is 56.5 Å². The number of anilines is 2. The highest BCUT2D eigenvalue weighted by atomic mass is 19.4. The predicted octanol–water partition coefficient (Wildman–Crippen LogP) is 2.34. The van der Waals surface area contributed by atoms with Crippen LogP contribution in [0, 0.1) is 5.82 Å². The van der Waals surface area contributed by atoms with Gasteiger partial charge in [0.1, 0.15) is 22.7 Å². The summed E-state index contributed by atoms with van der Waals surface area (Å²) in [5.41, 5.74) is 0.402. The van der Waals surface area contributed by atoms with Crippen molar-refractivity contribution in [2.24, 2.45) is 0 Å². The molecule has 1 aromatic carbocycles. The van der Waals surface area contributed by atoms with E-state index in [9.17, 15) is 27.2 Å². The lowest BCUT2D eigenvalue weighted by molar-refractivity contribution is -0.142. The number of halogens is 4. The van der Waals surface area contributed by atoms with E-state index in [1.54, 1.807) is 4.90 Å². The number of alkyl halides is 3. The van der Waals surface area contributed by atoms with Gasteiger partial charge >= 0.3 is 6.18 Å². The first-order valence-corrected chi connectivity index (χ1v) is 10.4. The van der Waals surface area contributed by atoms with Gasteiger partial charge in [-0.25, -0.2) is 9.37 Å². The number of fused-ring (bicyclic) bond motifs is 1. The van der Waals surface area contributed by atoms with Crippen LogP contribution in [0.15, 0.2) is 33.9 Å². The number of pyridine rings is 1. The SMILES string of the molecule is CCN(CC)C1CN(c2nc3c(=O)n(-c4c(N)cccc4F)c(C(F)(F)F)cc3c(=O)[nH]2)C1. The number of aromatic amines is 1. The first-order chi connectivity index (χ1) is 15.6. The maximum atomic E-state index is 14.5. The molecule has 3 heterocycles. The Morgan fingerprint density at radius 2 is 1.88 bits per heavy atom. The summed E-state index contributed by atoms with van der Waals surface area (Å²) < 4.78 is 56.1. The number of likely N-dealkylation sites (N-methyl/N-ethyl adjacent to an activating group) is 1. The highest BCUT2D eigenvalue weighted by Gasteiger charge is 2.38. The Morgan fingerprint density at radius 3 is 2.45 bits per heavy atom. The fourth-order valence-electron chi connectivity index (χ4n) is 4.13. The normalized spacial score (nSPS) is 14.8. The standard InChI is InChI=1S/C21H22F4N6O2/c1-3-29(4-2)11-9-30(10-11)20-27-16-12(18(32)28-20)8-15(21(23,24)25)31(19(16)33)17-13(22)6-5-7-14(17)26/h5-8,11H,3-4,9-10,26H2,1-2H3,(H,27,28,32). The Hall–Kier alpha value is -3.41. The van der Waals surface area contributed by atoms with Crippen LogP contribution >= 0.6 is 0 Å². The minimum absolute atomic E-state index is 0.0702. The van der Waals surface area contributed by atoms with E-state index in [2.05, 4.69) is 14.9 Å². The van der Waals surface area contributed by atoms with Crippen molar-refractivity contribution in [2.75, 3.05) is 36.8 Å². The van der Waals surface area contributed by atoms with E-state index in [4.69, 9.17) is 5.73 Å². The first-order valence-electron chi connectivity index (χ1n) is 10.4. The number of nitrogen functional groups attached to an aromatic ring is 1. The predicted molar refractivity (Wildman–Crippen MR) is 116 cm³/mol. The molecular formula is C21H22F4N6O2. The third-order valence-corrected chi connectivity index (χ3v) is 5.89. The van der Waals surface area contributed by atoms with Crippen LogP contribution in [-0.2, 0) is 6.18 Å². The molecule has 1 fully saturated rings. The van der Waals surface area contributed by atoms with Gasteiger partial charge in [0.2, 0.25) is 5.95 Å². The molecule has 8 nitrogen and oxygen atoms in total. The maximum absolute atomic E-state index is 14.5. The monoisotopic (exact) mass is 466 g/mol. The van der Waals surface area contributed by atoms with E-state index >= 15 is 0 Å². The number of nitrogens with two attached hydrogens (primary N) is 1. The topological polar surface area (TPSA) is 100 Å². The van der Waals surface area contributed by atoms with E-state index in [-0.39, 0.29) is 22.2 Å². The van der Waals surface area contributed by atoms with Crippen molar-refractivity contribution in [1.29, 1.82) is 0 Å². The summed E-state index contributed by atoms with van der Waals surface area (Å²) in [4.78, 5) is 36.4. The second-order valence-electron chi connectivity index (χ2n) is 7.78. The average molecular weight is 466 g/mol. The van der Waals surface area contributed by atoms with E-state index in [1.165, 1.54) is 12.1 Å². The van der Waals surface area contributed by atoms with Gasteiger partial charge in [-0.3, -0.25) is 24.0 Å². The molecule has 1 aliphatic heterocycles. The van der Waals surface area contributed by atoms with Crippen molar-refractivity contribution in [2.45, 2.75) is 26.1 Å². The fourth-order valence-corrected chi connectivity index (χ4v) is 4.13. The van der Waals surface area contributed by atoms with Crippen LogP contribution in [0.1, 0.15) is 19.5 Å². The zero-order valence-corrected chi connectivity index (χ0v) is 17.9. The molecule has 1 saturated heterocycles. The van der Waals surface area contributed by atoms with E-state index in [0.717, 1.165) is 19.2 Å². The minimum Gasteiger partial charge on any atom is -0.397 e. The van der Waals surface area contributed by atoms with E-state index < -0.39 is 45.4 Å². The molecule has 0 bridgehead atoms. The molecule has 0 atom stereocenters. The molecule has 0 spiro atoms. The number of aromatic nitrogens is 3. The second-order valence-corrected chi connectivity index (χ2v) is 7.78. The number of hydrogen-bond acceptors (Lipinski definition) is 6. The van der Waals surface area contributed by atoms with Crippen LogP contribution in [0.3, 0.4) is 0 Å². The summed E-state index contributed by atoms with van der Waals surface area (Å²) in [6.45, 7) is 6.79.